The lowest BCUT2D eigenvalue weighted by molar-refractivity contribution is -0.179. The summed E-state index contributed by atoms with van der Waals surface area (Å²) in [7, 11) is -8.42. The molecule has 1 amide bonds. The van der Waals surface area contributed by atoms with Crippen LogP contribution in [0.25, 0.3) is 11.2 Å². The number of amides is 1. The number of ether oxygens (including phenoxy) is 4. The number of allylic oxidation sites excluding steroid dienone is 1. The number of nitrogens with zero attached hydrogens (tertiary/aromatic N) is 6. The molecule has 5 rings (SSSR count). The summed E-state index contributed by atoms with van der Waals surface area (Å²) in [6.45, 7) is 2.07. The fourth-order valence-electron chi connectivity index (χ4n) is 7.00. The van der Waals surface area contributed by atoms with Gasteiger partial charge in [0.05, 0.1) is 31.7 Å². The van der Waals surface area contributed by atoms with Gasteiger partial charge in [0.25, 0.3) is 0 Å². The SMILES string of the molecule is C=CCCC(=O)N[C@@H](Cc1ccc(Cl)cc1)C(=O)O[C@@H]([C@@H](O)n1cnc2c(N)ncnc21)[C@@H](COP(=O)(O)O[C@@H]([C@@H](CC1CCCO1)n1ccc(N)nc1=O)[C@@H](COP(=O)(O)O)OC)OC. The number of imidazole rings is 1. The molecular formula is C38H52ClN9O16P2. The zero-order valence-electron chi connectivity index (χ0n) is 35.7. The Bertz CT molecular complexity index is 2420. The van der Waals surface area contributed by atoms with Gasteiger partial charge in [0, 0.05) is 44.9 Å². The molecule has 25 nitrogen and oxygen atoms in total. The van der Waals surface area contributed by atoms with Crippen molar-refractivity contribution in [2.24, 2.45) is 0 Å². The Morgan fingerprint density at radius 3 is 2.36 bits per heavy atom. The minimum absolute atomic E-state index is 0.0194. The van der Waals surface area contributed by atoms with Crippen LogP contribution in [0, 0.1) is 0 Å². The smallest absolute Gasteiger partial charge is 0.453 e. The number of benzene rings is 1. The molecule has 1 aromatic carbocycles. The number of rotatable bonds is 26. The third kappa shape index (κ3) is 14.6. The molecule has 1 saturated heterocycles. The van der Waals surface area contributed by atoms with Crippen LogP contribution in [0.3, 0.4) is 0 Å². The average molecular weight is 988 g/mol. The normalized spacial score (nSPS) is 18.4. The van der Waals surface area contributed by atoms with E-state index in [4.69, 9.17) is 55.6 Å². The Balaban J connectivity index is 1.50. The zero-order chi connectivity index (χ0) is 48.2. The van der Waals surface area contributed by atoms with Crippen molar-refractivity contribution in [3.63, 3.8) is 0 Å². The highest BCUT2D eigenvalue weighted by Gasteiger charge is 2.44. The lowest BCUT2D eigenvalue weighted by atomic mass is 9.98. The lowest BCUT2D eigenvalue weighted by Crippen LogP contribution is -2.49. The van der Waals surface area contributed by atoms with Gasteiger partial charge in [0.2, 0.25) is 5.91 Å². The van der Waals surface area contributed by atoms with E-state index in [0.29, 0.717) is 30.0 Å². The largest absolute Gasteiger partial charge is 0.472 e. The van der Waals surface area contributed by atoms with Crippen molar-refractivity contribution in [3.8, 4) is 0 Å². The van der Waals surface area contributed by atoms with Gasteiger partial charge in [-0.25, -0.2) is 33.7 Å². The molecule has 28 heteroatoms. The van der Waals surface area contributed by atoms with Crippen molar-refractivity contribution in [3.05, 3.63) is 82.9 Å². The number of fused-ring (bicyclic) bond motifs is 1. The van der Waals surface area contributed by atoms with E-state index in [1.165, 1.54) is 18.3 Å². The number of nitrogens with one attached hydrogen (secondary N) is 1. The lowest BCUT2D eigenvalue weighted by Gasteiger charge is -2.35. The molecule has 4 heterocycles. The Morgan fingerprint density at radius 2 is 1.73 bits per heavy atom. The number of phosphoric ester groups is 2. The molecule has 3 aromatic heterocycles. The summed E-state index contributed by atoms with van der Waals surface area (Å²) in [5.74, 6) is -1.83. The molecule has 4 aromatic rings. The van der Waals surface area contributed by atoms with Crippen LogP contribution in [0.4, 0.5) is 11.6 Å². The Morgan fingerprint density at radius 1 is 1.03 bits per heavy atom. The van der Waals surface area contributed by atoms with E-state index in [1.54, 1.807) is 24.3 Å². The highest BCUT2D eigenvalue weighted by Crippen LogP contribution is 2.49. The summed E-state index contributed by atoms with van der Waals surface area (Å²) in [6, 6.07) is 5.00. The van der Waals surface area contributed by atoms with E-state index in [-0.39, 0.29) is 48.5 Å². The topological polar surface area (TPSA) is 356 Å². The molecule has 0 radical (unpaired) electrons. The average Bonchev–Trinajstić information content (AvgIpc) is 3.96. The van der Waals surface area contributed by atoms with Crippen molar-refractivity contribution in [1.82, 2.24) is 34.4 Å². The summed E-state index contributed by atoms with van der Waals surface area (Å²) in [6.07, 6.45) is -3.20. The number of anilines is 2. The first-order valence-electron chi connectivity index (χ1n) is 20.2. The van der Waals surface area contributed by atoms with Crippen LogP contribution in [0.15, 0.2) is 66.6 Å². The molecule has 1 fully saturated rings. The van der Waals surface area contributed by atoms with Gasteiger partial charge in [-0.15, -0.1) is 6.58 Å². The number of phosphoric acid groups is 2. The van der Waals surface area contributed by atoms with Crippen molar-refractivity contribution in [1.29, 1.82) is 0 Å². The summed E-state index contributed by atoms with van der Waals surface area (Å²) in [5.41, 5.74) is 11.4. The van der Waals surface area contributed by atoms with E-state index in [0.717, 1.165) is 36.0 Å². The van der Waals surface area contributed by atoms with Gasteiger partial charge >= 0.3 is 27.3 Å². The second-order valence-corrected chi connectivity index (χ2v) is 17.9. The number of methoxy groups -OCH3 is 2. The minimum atomic E-state index is -5.46. The van der Waals surface area contributed by atoms with E-state index in [9.17, 15) is 43.3 Å². The quantitative estimate of drug-likeness (QED) is 0.0268. The molecule has 1 aliphatic rings. The number of halogens is 1. The zero-order valence-corrected chi connectivity index (χ0v) is 38.2. The number of aliphatic hydroxyl groups is 1. The van der Waals surface area contributed by atoms with E-state index in [2.05, 4.69) is 31.8 Å². The first kappa shape index (κ1) is 52.3. The molecule has 0 aliphatic carbocycles. The minimum Gasteiger partial charge on any atom is -0.453 e. The van der Waals surface area contributed by atoms with Crippen LogP contribution in [0.2, 0.25) is 5.02 Å². The van der Waals surface area contributed by atoms with Crippen LogP contribution in [0.1, 0.15) is 49.9 Å². The first-order valence-corrected chi connectivity index (χ1v) is 23.6. The highest BCUT2D eigenvalue weighted by atomic mass is 35.5. The predicted octanol–water partition coefficient (Wildman–Crippen LogP) is 1.75. The molecule has 2 unspecified atom stereocenters. The molecule has 362 valence electrons. The van der Waals surface area contributed by atoms with Crippen LogP contribution in [0.5, 0.6) is 0 Å². The van der Waals surface area contributed by atoms with E-state index in [1.807, 2.05) is 0 Å². The molecule has 0 spiro atoms. The van der Waals surface area contributed by atoms with Crippen molar-refractivity contribution >= 4 is 61.9 Å². The molecule has 1 aliphatic heterocycles. The second kappa shape index (κ2) is 23.8. The van der Waals surface area contributed by atoms with Gasteiger partial charge in [-0.05, 0) is 49.4 Å². The number of carbonyl (C=O) groups excluding carboxylic acids is 2. The number of nitrogens with two attached hydrogens (primary N) is 2. The van der Waals surface area contributed by atoms with Gasteiger partial charge in [0.15, 0.2) is 23.8 Å². The Kier molecular flexibility index (Phi) is 18.9. The van der Waals surface area contributed by atoms with Gasteiger partial charge < -0.3 is 55.5 Å². The third-order valence-corrected chi connectivity index (χ3v) is 12.0. The number of hydrogen-bond acceptors (Lipinski definition) is 19. The molecule has 0 saturated carbocycles. The van der Waals surface area contributed by atoms with Crippen LogP contribution in [-0.2, 0) is 57.7 Å². The van der Waals surface area contributed by atoms with Crippen LogP contribution in [-0.4, -0.2) is 131 Å². The molecular weight excluding hydrogens is 936 g/mol. The summed E-state index contributed by atoms with van der Waals surface area (Å²) in [5, 5.41) is 15.0. The van der Waals surface area contributed by atoms with E-state index < -0.39 is 95.3 Å². The van der Waals surface area contributed by atoms with Crippen molar-refractivity contribution in [2.45, 2.75) is 87.4 Å². The molecule has 0 bridgehead atoms. The van der Waals surface area contributed by atoms with Crippen LogP contribution < -0.4 is 22.5 Å². The monoisotopic (exact) mass is 987 g/mol. The fourth-order valence-corrected chi connectivity index (χ4v) is 8.45. The summed E-state index contributed by atoms with van der Waals surface area (Å²) in [4.78, 5) is 87.0. The van der Waals surface area contributed by atoms with Crippen molar-refractivity contribution in [2.75, 3.05) is 45.5 Å². The number of carbonyl (C=O) groups is 2. The Labute approximate surface area is 382 Å². The van der Waals surface area contributed by atoms with Gasteiger partial charge in [-0.3, -0.25) is 27.5 Å². The second-order valence-electron chi connectivity index (χ2n) is 14.8. The number of hydrogen-bond donors (Lipinski definition) is 7. The number of esters is 1. The molecule has 66 heavy (non-hydrogen) atoms. The fraction of sp³-hybridized carbons (Fsp3) is 0.500. The maximum absolute atomic E-state index is 14.2. The molecule has 9 atom stereocenters. The summed E-state index contributed by atoms with van der Waals surface area (Å²) >= 11 is 6.08. The van der Waals surface area contributed by atoms with Gasteiger partial charge in [-0.2, -0.15) is 4.98 Å². The predicted molar refractivity (Wildman–Crippen MR) is 233 cm³/mol. The van der Waals surface area contributed by atoms with Crippen molar-refractivity contribution < 1.29 is 71.0 Å². The van der Waals surface area contributed by atoms with Gasteiger partial charge in [-0.1, -0.05) is 29.8 Å². The molecule has 9 N–H and O–H groups in total. The Hall–Kier alpha value is -4.72. The number of aliphatic hydroxyl groups excluding tert-OH is 1. The standard InChI is InChI=1S/C38H52ClN9O16P2/c1-4-5-8-30(49)45-25(16-22-9-11-23(39)12-10-22)37(51)63-33(36(50)48-21-44-31-34(41)42-20-43-35(31)48)28(59-3)19-62-66(56,57)64-32(27(58-2)18-61-65(53,54)55)26(17-24-7-6-15-60-24)47-14-13-29(40)46-38(47)52/h4,9-14,20-21,24-28,32-33,36,50H,1,5-8,15-19H2,2-3H3,(H,45,49)(H,56,57)(H2,40,46,52)(H2,41,42,43)(H2,53,54,55)/t24?,25-,26+,27+,28+,32-,33+,36+/m0/s1. The van der Waals surface area contributed by atoms with Crippen LogP contribution >= 0.6 is 27.2 Å². The summed E-state index contributed by atoms with van der Waals surface area (Å²) < 4.78 is 66.8. The maximum Gasteiger partial charge on any atom is 0.472 e. The maximum atomic E-state index is 14.2. The van der Waals surface area contributed by atoms with E-state index >= 15 is 0 Å². The third-order valence-electron chi connectivity index (χ3n) is 10.3. The van der Waals surface area contributed by atoms with Gasteiger partial charge in [0.1, 0.15) is 42.0 Å². The first-order chi connectivity index (χ1) is 31.3. The number of nitrogen functional groups attached to an aromatic ring is 2. The number of aromatic nitrogens is 6. The highest BCUT2D eigenvalue weighted by molar-refractivity contribution is 7.47.